The number of thiazole rings is 1. The summed E-state index contributed by atoms with van der Waals surface area (Å²) in [6, 6.07) is 8.39. The minimum absolute atomic E-state index is 0.269. The van der Waals surface area contributed by atoms with E-state index >= 15 is 0 Å². The van der Waals surface area contributed by atoms with Crippen molar-refractivity contribution in [1.29, 1.82) is 0 Å². The number of aromatic nitrogens is 1. The summed E-state index contributed by atoms with van der Waals surface area (Å²) in [6.45, 7) is 9.21. The molecule has 0 spiro atoms. The number of aryl methyl sites for hydroxylation is 1. The molecule has 0 aliphatic carbocycles. The van der Waals surface area contributed by atoms with Gasteiger partial charge in [-0.15, -0.1) is 11.3 Å². The van der Waals surface area contributed by atoms with Crippen LogP contribution in [0.1, 0.15) is 28.4 Å². The Morgan fingerprint density at radius 1 is 1.40 bits per heavy atom. The van der Waals surface area contributed by atoms with Gasteiger partial charge < -0.3 is 10.1 Å². The van der Waals surface area contributed by atoms with Gasteiger partial charge in [-0.25, -0.2) is 4.98 Å². The molecule has 0 aliphatic rings. The van der Waals surface area contributed by atoms with E-state index in [4.69, 9.17) is 4.74 Å². The molecule has 1 aromatic heterocycles. The van der Waals surface area contributed by atoms with Crippen LogP contribution in [0.4, 0.5) is 0 Å². The van der Waals surface area contributed by atoms with Gasteiger partial charge in [0.1, 0.15) is 17.4 Å². The van der Waals surface area contributed by atoms with Crippen LogP contribution in [-0.2, 0) is 6.54 Å². The molecule has 0 amide bonds. The smallest absolute Gasteiger partial charge is 0.119 e. The van der Waals surface area contributed by atoms with Crippen molar-refractivity contribution in [2.45, 2.75) is 26.4 Å². The van der Waals surface area contributed by atoms with Gasteiger partial charge in [-0.2, -0.15) is 0 Å². The molecule has 0 aliphatic heterocycles. The molecule has 1 atom stereocenters. The highest BCUT2D eigenvalue weighted by Gasteiger charge is 2.08. The van der Waals surface area contributed by atoms with Gasteiger partial charge >= 0.3 is 0 Å². The van der Waals surface area contributed by atoms with Gasteiger partial charge in [-0.3, -0.25) is 0 Å². The Morgan fingerprint density at radius 3 is 2.75 bits per heavy atom. The average Bonchev–Trinajstić information content (AvgIpc) is 2.90. The van der Waals surface area contributed by atoms with Gasteiger partial charge in [0.15, 0.2) is 0 Å². The van der Waals surface area contributed by atoms with Gasteiger partial charge in [0.05, 0.1) is 6.04 Å². The van der Waals surface area contributed by atoms with E-state index in [1.54, 1.807) is 17.4 Å². The summed E-state index contributed by atoms with van der Waals surface area (Å²) in [4.78, 5) is 5.65. The van der Waals surface area contributed by atoms with Crippen LogP contribution < -0.4 is 10.1 Å². The SMILES string of the molecule is C=CCOc1ccc(CNC(C)c2ncc(C)s2)cc1. The van der Waals surface area contributed by atoms with Crippen LogP contribution in [0.5, 0.6) is 5.75 Å². The molecule has 0 bridgehead atoms. The standard InChI is InChI=1S/C16H20N2OS/c1-4-9-19-15-7-5-14(6-8-15)11-17-13(3)16-18-10-12(2)20-16/h4-8,10,13,17H,1,9,11H2,2-3H3. The zero-order chi connectivity index (χ0) is 14.4. The van der Waals surface area contributed by atoms with Crippen LogP contribution in [0.3, 0.4) is 0 Å². The molecule has 0 radical (unpaired) electrons. The summed E-state index contributed by atoms with van der Waals surface area (Å²) in [5, 5.41) is 4.61. The van der Waals surface area contributed by atoms with E-state index in [9.17, 15) is 0 Å². The fraction of sp³-hybridized carbons (Fsp3) is 0.312. The Labute approximate surface area is 124 Å². The lowest BCUT2D eigenvalue weighted by Crippen LogP contribution is -2.17. The number of rotatable bonds is 7. The summed E-state index contributed by atoms with van der Waals surface area (Å²) in [5.74, 6) is 0.872. The summed E-state index contributed by atoms with van der Waals surface area (Å²) in [5.41, 5.74) is 1.23. The molecular formula is C16H20N2OS. The van der Waals surface area contributed by atoms with Gasteiger partial charge in [0, 0.05) is 17.6 Å². The van der Waals surface area contributed by atoms with Crippen molar-refractivity contribution >= 4 is 11.3 Å². The minimum atomic E-state index is 0.269. The lowest BCUT2D eigenvalue weighted by atomic mass is 10.2. The molecule has 1 aromatic carbocycles. The second-order valence-electron chi connectivity index (χ2n) is 4.66. The molecule has 106 valence electrons. The van der Waals surface area contributed by atoms with Crippen molar-refractivity contribution in [2.75, 3.05) is 6.61 Å². The molecule has 1 unspecified atom stereocenters. The number of hydrogen-bond acceptors (Lipinski definition) is 4. The number of hydrogen-bond donors (Lipinski definition) is 1. The maximum absolute atomic E-state index is 5.46. The van der Waals surface area contributed by atoms with E-state index in [2.05, 4.69) is 42.9 Å². The Morgan fingerprint density at radius 2 is 2.15 bits per heavy atom. The maximum atomic E-state index is 5.46. The topological polar surface area (TPSA) is 34.1 Å². The highest BCUT2D eigenvalue weighted by molar-refractivity contribution is 7.11. The van der Waals surface area contributed by atoms with E-state index in [0.29, 0.717) is 6.61 Å². The van der Waals surface area contributed by atoms with Crippen molar-refractivity contribution in [3.63, 3.8) is 0 Å². The summed E-state index contributed by atoms with van der Waals surface area (Å²) >= 11 is 1.74. The first kappa shape index (κ1) is 14.8. The quantitative estimate of drug-likeness (QED) is 0.785. The highest BCUT2D eigenvalue weighted by atomic mass is 32.1. The molecule has 0 saturated heterocycles. The molecule has 1 heterocycles. The Hall–Kier alpha value is -1.65. The van der Waals surface area contributed by atoms with Gasteiger partial charge in [0.25, 0.3) is 0 Å². The largest absolute Gasteiger partial charge is 0.490 e. The first-order valence-corrected chi connectivity index (χ1v) is 7.49. The fourth-order valence-electron chi connectivity index (χ4n) is 1.79. The normalized spacial score (nSPS) is 12.1. The van der Waals surface area contributed by atoms with Crippen LogP contribution in [0.15, 0.2) is 43.1 Å². The third-order valence-corrected chi connectivity index (χ3v) is 4.01. The predicted octanol–water partition coefficient (Wildman–Crippen LogP) is 3.87. The van der Waals surface area contributed by atoms with Crippen LogP contribution >= 0.6 is 11.3 Å². The molecule has 0 fully saturated rings. The van der Waals surface area contributed by atoms with Crippen LogP contribution in [-0.4, -0.2) is 11.6 Å². The average molecular weight is 288 g/mol. The summed E-state index contributed by atoms with van der Waals surface area (Å²) in [7, 11) is 0. The lowest BCUT2D eigenvalue weighted by molar-refractivity contribution is 0.363. The zero-order valence-corrected chi connectivity index (χ0v) is 12.7. The predicted molar refractivity (Wildman–Crippen MR) is 84.2 cm³/mol. The summed E-state index contributed by atoms with van der Waals surface area (Å²) < 4.78 is 5.46. The van der Waals surface area contributed by atoms with Crippen molar-refractivity contribution in [1.82, 2.24) is 10.3 Å². The van der Waals surface area contributed by atoms with Crippen molar-refractivity contribution in [2.24, 2.45) is 0 Å². The van der Waals surface area contributed by atoms with Crippen molar-refractivity contribution in [3.8, 4) is 5.75 Å². The third-order valence-electron chi connectivity index (χ3n) is 2.91. The molecule has 2 aromatic rings. The fourth-order valence-corrected chi connectivity index (χ4v) is 2.59. The first-order valence-electron chi connectivity index (χ1n) is 6.67. The van der Waals surface area contributed by atoms with E-state index in [1.807, 2.05) is 18.3 Å². The molecule has 0 saturated carbocycles. The first-order chi connectivity index (χ1) is 9.69. The number of benzene rings is 1. The Kier molecular flexibility index (Phi) is 5.32. The molecule has 1 N–H and O–H groups in total. The molecule has 4 heteroatoms. The maximum Gasteiger partial charge on any atom is 0.119 e. The number of ether oxygens (including phenoxy) is 1. The van der Waals surface area contributed by atoms with Crippen molar-refractivity contribution in [3.05, 3.63) is 58.6 Å². The molecule has 20 heavy (non-hydrogen) atoms. The van der Waals surface area contributed by atoms with Crippen LogP contribution in [0, 0.1) is 6.92 Å². The Bertz CT molecular complexity index is 548. The number of nitrogens with one attached hydrogen (secondary N) is 1. The second kappa shape index (κ2) is 7.22. The lowest BCUT2D eigenvalue weighted by Gasteiger charge is -2.11. The number of nitrogens with zero attached hydrogens (tertiary/aromatic N) is 1. The zero-order valence-electron chi connectivity index (χ0n) is 11.9. The third kappa shape index (κ3) is 4.18. The second-order valence-corrected chi connectivity index (χ2v) is 5.92. The van der Waals surface area contributed by atoms with Gasteiger partial charge in [0.2, 0.25) is 0 Å². The van der Waals surface area contributed by atoms with E-state index in [0.717, 1.165) is 17.3 Å². The van der Waals surface area contributed by atoms with E-state index < -0.39 is 0 Å². The monoisotopic (exact) mass is 288 g/mol. The minimum Gasteiger partial charge on any atom is -0.490 e. The van der Waals surface area contributed by atoms with E-state index in [-0.39, 0.29) is 6.04 Å². The molecule has 2 rings (SSSR count). The molecular weight excluding hydrogens is 268 g/mol. The van der Waals surface area contributed by atoms with Crippen LogP contribution in [0.25, 0.3) is 0 Å². The highest BCUT2D eigenvalue weighted by Crippen LogP contribution is 2.19. The summed E-state index contributed by atoms with van der Waals surface area (Å²) in [6.07, 6.45) is 3.66. The van der Waals surface area contributed by atoms with Crippen LogP contribution in [0.2, 0.25) is 0 Å². The van der Waals surface area contributed by atoms with E-state index in [1.165, 1.54) is 10.4 Å². The Balaban J connectivity index is 1.85. The van der Waals surface area contributed by atoms with Crippen molar-refractivity contribution < 1.29 is 4.74 Å². The van der Waals surface area contributed by atoms with Gasteiger partial charge in [-0.1, -0.05) is 24.8 Å². The van der Waals surface area contributed by atoms with Gasteiger partial charge in [-0.05, 0) is 31.5 Å². The molecule has 3 nitrogen and oxygen atoms in total.